The van der Waals surface area contributed by atoms with E-state index in [9.17, 15) is 9.59 Å². The zero-order valence-electron chi connectivity index (χ0n) is 17.5. The molecule has 0 aliphatic carbocycles. The van der Waals surface area contributed by atoms with Crippen LogP contribution in [0.2, 0.25) is 0 Å². The van der Waals surface area contributed by atoms with Crippen LogP contribution >= 0.6 is 0 Å². The molecule has 1 aromatic heterocycles. The number of ether oxygens (including phenoxy) is 2. The van der Waals surface area contributed by atoms with Crippen molar-refractivity contribution >= 4 is 16.9 Å². The second-order valence-corrected chi connectivity index (χ2v) is 7.64. The van der Waals surface area contributed by atoms with E-state index in [2.05, 4.69) is 0 Å². The summed E-state index contributed by atoms with van der Waals surface area (Å²) in [5.41, 5.74) is 1.39. The lowest BCUT2D eigenvalue weighted by Crippen LogP contribution is -3.06. The van der Waals surface area contributed by atoms with Crippen LogP contribution in [0.3, 0.4) is 0 Å². The molecule has 0 saturated heterocycles. The quantitative estimate of drug-likeness (QED) is 0.668. The standard InChI is InChI=1S/C23H24N2O5/c1-24(2)11-12-25-20(14-9-10-17(28-3)18(13-14)29-4)19-21(26)15-7-5-6-8-16(15)30-22(19)23(25)27/h5-10,13,20H,11-12H2,1-4H3/p+1/t20-/m1/s1. The van der Waals surface area contributed by atoms with Gasteiger partial charge in [0.1, 0.15) is 5.58 Å². The number of carbonyl (C=O) groups is 1. The monoisotopic (exact) mass is 409 g/mol. The SMILES string of the molecule is COc1ccc([C@@H]2c3c(oc4ccccc4c3=O)C(=O)N2CC[NH+](C)C)cc1OC. The van der Waals surface area contributed by atoms with E-state index in [-0.39, 0.29) is 17.1 Å². The van der Waals surface area contributed by atoms with Crippen LogP contribution in [0.1, 0.15) is 27.7 Å². The summed E-state index contributed by atoms with van der Waals surface area (Å²) in [6.07, 6.45) is 0. The maximum Gasteiger partial charge on any atom is 0.291 e. The van der Waals surface area contributed by atoms with Gasteiger partial charge in [-0.15, -0.1) is 0 Å². The lowest BCUT2D eigenvalue weighted by Gasteiger charge is -2.26. The fraction of sp³-hybridized carbons (Fsp3) is 0.304. The van der Waals surface area contributed by atoms with Crippen LogP contribution in [0.5, 0.6) is 11.5 Å². The first-order valence-corrected chi connectivity index (χ1v) is 9.84. The molecule has 1 aliphatic heterocycles. The molecule has 0 saturated carbocycles. The highest BCUT2D eigenvalue weighted by Crippen LogP contribution is 2.40. The molecule has 156 valence electrons. The Morgan fingerprint density at radius 2 is 1.77 bits per heavy atom. The topological polar surface area (TPSA) is 73.4 Å². The van der Waals surface area contributed by atoms with Gasteiger partial charge in [-0.05, 0) is 29.8 Å². The van der Waals surface area contributed by atoms with Crippen LogP contribution in [-0.2, 0) is 0 Å². The van der Waals surface area contributed by atoms with E-state index in [1.807, 2.05) is 26.2 Å². The number of methoxy groups -OCH3 is 2. The molecule has 0 radical (unpaired) electrons. The van der Waals surface area contributed by atoms with E-state index in [4.69, 9.17) is 13.9 Å². The maximum atomic E-state index is 13.4. The number of quaternary nitrogens is 1. The number of likely N-dealkylation sites (N-methyl/N-ethyl adjacent to an activating group) is 1. The Balaban J connectivity index is 1.93. The molecule has 0 bridgehead atoms. The van der Waals surface area contributed by atoms with Gasteiger partial charge < -0.3 is 23.7 Å². The van der Waals surface area contributed by atoms with Crippen LogP contribution in [0, 0.1) is 0 Å². The summed E-state index contributed by atoms with van der Waals surface area (Å²) >= 11 is 0. The molecule has 0 unspecified atom stereocenters. The van der Waals surface area contributed by atoms with Crippen molar-refractivity contribution in [2.45, 2.75) is 6.04 Å². The Morgan fingerprint density at radius 3 is 2.47 bits per heavy atom. The van der Waals surface area contributed by atoms with Crippen molar-refractivity contribution in [1.82, 2.24) is 4.90 Å². The van der Waals surface area contributed by atoms with Crippen molar-refractivity contribution < 1.29 is 23.6 Å². The van der Waals surface area contributed by atoms with Crippen LogP contribution < -0.4 is 19.8 Å². The maximum absolute atomic E-state index is 13.4. The third-order valence-electron chi connectivity index (χ3n) is 5.45. The Labute approximate surface area is 174 Å². The van der Waals surface area contributed by atoms with Crippen molar-refractivity contribution in [3.63, 3.8) is 0 Å². The summed E-state index contributed by atoms with van der Waals surface area (Å²) in [7, 11) is 7.18. The van der Waals surface area contributed by atoms with E-state index in [0.29, 0.717) is 34.6 Å². The average Bonchev–Trinajstić information content (AvgIpc) is 3.03. The van der Waals surface area contributed by atoms with E-state index in [1.165, 1.54) is 4.90 Å². The minimum Gasteiger partial charge on any atom is -0.493 e. The van der Waals surface area contributed by atoms with Gasteiger partial charge >= 0.3 is 0 Å². The molecule has 0 fully saturated rings. The highest BCUT2D eigenvalue weighted by molar-refractivity contribution is 5.99. The fourth-order valence-electron chi connectivity index (χ4n) is 3.91. The Morgan fingerprint density at radius 1 is 1.03 bits per heavy atom. The number of benzene rings is 2. The number of nitrogens with one attached hydrogen (secondary N) is 1. The van der Waals surface area contributed by atoms with Gasteiger partial charge in [-0.25, -0.2) is 0 Å². The van der Waals surface area contributed by atoms with Gasteiger partial charge in [0, 0.05) is 0 Å². The largest absolute Gasteiger partial charge is 0.493 e. The van der Waals surface area contributed by atoms with E-state index in [1.54, 1.807) is 49.5 Å². The predicted octanol–water partition coefficient (Wildman–Crippen LogP) is 1.50. The Bertz CT molecular complexity index is 1170. The van der Waals surface area contributed by atoms with Crippen molar-refractivity contribution in [1.29, 1.82) is 0 Å². The van der Waals surface area contributed by atoms with E-state index in [0.717, 1.165) is 12.1 Å². The van der Waals surface area contributed by atoms with Gasteiger partial charge in [0.2, 0.25) is 5.76 Å². The Hall–Kier alpha value is -3.32. The zero-order chi connectivity index (χ0) is 21.4. The van der Waals surface area contributed by atoms with Gasteiger partial charge in [0.15, 0.2) is 16.9 Å². The number of amides is 1. The lowest BCUT2D eigenvalue weighted by molar-refractivity contribution is -0.857. The number of hydrogen-bond acceptors (Lipinski definition) is 5. The van der Waals surface area contributed by atoms with Gasteiger partial charge in [-0.2, -0.15) is 0 Å². The normalized spacial score (nSPS) is 15.7. The molecule has 30 heavy (non-hydrogen) atoms. The lowest BCUT2D eigenvalue weighted by atomic mass is 9.98. The highest BCUT2D eigenvalue weighted by atomic mass is 16.5. The number of nitrogens with zero attached hydrogens (tertiary/aromatic N) is 1. The molecule has 3 aromatic rings. The summed E-state index contributed by atoms with van der Waals surface area (Å²) < 4.78 is 16.7. The molecule has 1 aliphatic rings. The number of hydrogen-bond donors (Lipinski definition) is 1. The smallest absolute Gasteiger partial charge is 0.291 e. The molecule has 1 N–H and O–H groups in total. The van der Waals surface area contributed by atoms with Crippen LogP contribution in [0.25, 0.3) is 11.0 Å². The number of carbonyl (C=O) groups excluding carboxylic acids is 1. The summed E-state index contributed by atoms with van der Waals surface area (Å²) in [6.45, 7) is 1.22. The molecular formula is C23H25N2O5+. The van der Waals surface area contributed by atoms with Crippen molar-refractivity contribution in [2.24, 2.45) is 0 Å². The van der Waals surface area contributed by atoms with E-state index >= 15 is 0 Å². The Kier molecular flexibility index (Phi) is 5.22. The third-order valence-corrected chi connectivity index (χ3v) is 5.45. The second-order valence-electron chi connectivity index (χ2n) is 7.64. The molecule has 2 aromatic carbocycles. The first-order valence-electron chi connectivity index (χ1n) is 9.84. The minimum atomic E-state index is -0.549. The van der Waals surface area contributed by atoms with Gasteiger partial charge in [0.25, 0.3) is 5.91 Å². The minimum absolute atomic E-state index is 0.118. The van der Waals surface area contributed by atoms with E-state index < -0.39 is 6.04 Å². The zero-order valence-corrected chi connectivity index (χ0v) is 17.5. The predicted molar refractivity (Wildman–Crippen MR) is 113 cm³/mol. The first kappa shape index (κ1) is 20.0. The fourth-order valence-corrected chi connectivity index (χ4v) is 3.91. The molecule has 2 heterocycles. The summed E-state index contributed by atoms with van der Waals surface area (Å²) in [6, 6.07) is 11.9. The number of para-hydroxylation sites is 1. The summed E-state index contributed by atoms with van der Waals surface area (Å²) in [5, 5.41) is 0.467. The summed E-state index contributed by atoms with van der Waals surface area (Å²) in [5.74, 6) is 0.973. The van der Waals surface area contributed by atoms with Gasteiger partial charge in [-0.1, -0.05) is 18.2 Å². The summed E-state index contributed by atoms with van der Waals surface area (Å²) in [4.78, 5) is 29.6. The van der Waals surface area contributed by atoms with Crippen molar-refractivity contribution in [2.75, 3.05) is 41.4 Å². The third kappa shape index (κ3) is 3.21. The molecule has 4 rings (SSSR count). The molecule has 1 amide bonds. The number of fused-ring (bicyclic) bond motifs is 2. The van der Waals surface area contributed by atoms with Gasteiger partial charge in [-0.3, -0.25) is 9.59 Å². The van der Waals surface area contributed by atoms with Gasteiger partial charge in [0.05, 0.1) is 58.4 Å². The molecule has 1 atom stereocenters. The second kappa shape index (κ2) is 7.84. The first-order chi connectivity index (χ1) is 14.5. The van der Waals surface area contributed by atoms with Crippen LogP contribution in [-0.4, -0.2) is 52.2 Å². The van der Waals surface area contributed by atoms with Crippen LogP contribution in [0.4, 0.5) is 0 Å². The van der Waals surface area contributed by atoms with Crippen LogP contribution in [0.15, 0.2) is 51.7 Å². The van der Waals surface area contributed by atoms with Crippen molar-refractivity contribution in [3.8, 4) is 11.5 Å². The molecule has 7 nitrogen and oxygen atoms in total. The average molecular weight is 409 g/mol. The number of rotatable bonds is 6. The molecular weight excluding hydrogens is 384 g/mol. The van der Waals surface area contributed by atoms with Crippen molar-refractivity contribution in [3.05, 3.63) is 69.6 Å². The molecule has 7 heteroatoms. The highest BCUT2D eigenvalue weighted by Gasteiger charge is 2.43. The molecule has 0 spiro atoms.